The highest BCUT2D eigenvalue weighted by molar-refractivity contribution is 6.00. The number of nitrogens with one attached hydrogen (secondary N) is 1. The van der Waals surface area contributed by atoms with Gasteiger partial charge in [-0.15, -0.1) is 0 Å². The standard InChI is InChI=1S/C22H28N2O6/c1-21(2,3)30-20(26)23-16-14-29-18-8-7-15(13-17(18)24(4)19(16)25)28-12-6-11-22(27)9-5-10-22/h7-8,13,16,27H,5,9-10,12,14H2,1-4H3,(H,23,26)/t16-/m0/s1. The van der Waals surface area contributed by atoms with Crippen LogP contribution in [-0.2, 0) is 9.53 Å². The summed E-state index contributed by atoms with van der Waals surface area (Å²) in [5.74, 6) is 6.36. The summed E-state index contributed by atoms with van der Waals surface area (Å²) in [4.78, 5) is 26.3. The van der Waals surface area contributed by atoms with E-state index in [2.05, 4.69) is 17.2 Å². The Hall–Kier alpha value is -2.92. The van der Waals surface area contributed by atoms with Crippen molar-refractivity contribution in [3.8, 4) is 23.3 Å². The molecular formula is C22H28N2O6. The monoisotopic (exact) mass is 416 g/mol. The van der Waals surface area contributed by atoms with E-state index in [1.165, 1.54) is 4.90 Å². The number of alkyl carbamates (subject to hydrolysis) is 1. The molecule has 1 aliphatic heterocycles. The Morgan fingerprint density at radius 3 is 2.77 bits per heavy atom. The van der Waals surface area contributed by atoms with E-state index in [0.29, 0.717) is 30.0 Å². The Kier molecular flexibility index (Phi) is 6.13. The minimum absolute atomic E-state index is 0.0142. The van der Waals surface area contributed by atoms with Gasteiger partial charge in [0, 0.05) is 13.1 Å². The van der Waals surface area contributed by atoms with Crippen LogP contribution in [0.3, 0.4) is 0 Å². The summed E-state index contributed by atoms with van der Waals surface area (Å²) in [5.41, 5.74) is -1.01. The average Bonchev–Trinajstić information content (AvgIpc) is 2.74. The molecule has 1 heterocycles. The molecule has 3 rings (SSSR count). The van der Waals surface area contributed by atoms with E-state index in [1.807, 2.05) is 0 Å². The van der Waals surface area contributed by atoms with Crippen molar-refractivity contribution in [2.24, 2.45) is 0 Å². The molecule has 2 aliphatic rings. The minimum Gasteiger partial charge on any atom is -0.489 e. The molecule has 0 saturated heterocycles. The molecular weight excluding hydrogens is 388 g/mol. The summed E-state index contributed by atoms with van der Waals surface area (Å²) in [6, 6.07) is 4.23. The van der Waals surface area contributed by atoms with Crippen LogP contribution in [0.25, 0.3) is 0 Å². The van der Waals surface area contributed by atoms with Crippen molar-refractivity contribution in [2.45, 2.75) is 57.3 Å². The second kappa shape index (κ2) is 8.44. The lowest BCUT2D eigenvalue weighted by atomic mass is 9.81. The number of likely N-dealkylation sites (N-methyl/N-ethyl adjacent to an activating group) is 1. The quantitative estimate of drug-likeness (QED) is 0.734. The molecule has 0 aromatic heterocycles. The molecule has 2 N–H and O–H groups in total. The van der Waals surface area contributed by atoms with Gasteiger partial charge in [-0.05, 0) is 52.2 Å². The van der Waals surface area contributed by atoms with Gasteiger partial charge in [0.1, 0.15) is 42.0 Å². The highest BCUT2D eigenvalue weighted by atomic mass is 16.6. The van der Waals surface area contributed by atoms with E-state index in [0.717, 1.165) is 6.42 Å². The number of ether oxygens (including phenoxy) is 3. The highest BCUT2D eigenvalue weighted by Gasteiger charge is 2.33. The van der Waals surface area contributed by atoms with Gasteiger partial charge in [-0.3, -0.25) is 4.79 Å². The van der Waals surface area contributed by atoms with Gasteiger partial charge < -0.3 is 29.5 Å². The van der Waals surface area contributed by atoms with Gasteiger partial charge >= 0.3 is 6.09 Å². The number of carbonyl (C=O) groups excluding carboxylic acids is 2. The second-order valence-electron chi connectivity index (χ2n) is 8.51. The number of benzene rings is 1. The van der Waals surface area contributed by atoms with Crippen LogP contribution < -0.4 is 19.7 Å². The smallest absolute Gasteiger partial charge is 0.408 e. The zero-order valence-electron chi connectivity index (χ0n) is 17.8. The maximum Gasteiger partial charge on any atom is 0.408 e. The largest absolute Gasteiger partial charge is 0.489 e. The van der Waals surface area contributed by atoms with Crippen molar-refractivity contribution in [2.75, 3.05) is 25.2 Å². The van der Waals surface area contributed by atoms with Crippen molar-refractivity contribution >= 4 is 17.7 Å². The molecule has 8 nitrogen and oxygen atoms in total. The van der Waals surface area contributed by atoms with Gasteiger partial charge in [-0.25, -0.2) is 4.79 Å². The van der Waals surface area contributed by atoms with E-state index in [1.54, 1.807) is 46.0 Å². The maximum atomic E-state index is 12.8. The molecule has 1 aromatic rings. The second-order valence-corrected chi connectivity index (χ2v) is 8.51. The first-order valence-electron chi connectivity index (χ1n) is 9.95. The molecule has 0 unspecified atom stereocenters. The fraction of sp³-hybridized carbons (Fsp3) is 0.545. The molecule has 30 heavy (non-hydrogen) atoms. The Labute approximate surface area is 176 Å². The Morgan fingerprint density at radius 1 is 1.40 bits per heavy atom. The minimum atomic E-state index is -0.879. The molecule has 1 aliphatic carbocycles. The van der Waals surface area contributed by atoms with Crippen LogP contribution in [0, 0.1) is 11.8 Å². The summed E-state index contributed by atoms with van der Waals surface area (Å²) >= 11 is 0. The number of aliphatic hydroxyl groups is 1. The van der Waals surface area contributed by atoms with Crippen LogP contribution in [0.15, 0.2) is 18.2 Å². The van der Waals surface area contributed by atoms with Gasteiger partial charge in [0.2, 0.25) is 0 Å². The Balaban J connectivity index is 1.65. The van der Waals surface area contributed by atoms with Crippen LogP contribution in [0.4, 0.5) is 10.5 Å². The summed E-state index contributed by atoms with van der Waals surface area (Å²) in [6.07, 6.45) is 1.70. The predicted octanol–water partition coefficient (Wildman–Crippen LogP) is 2.23. The van der Waals surface area contributed by atoms with Crippen molar-refractivity contribution in [1.29, 1.82) is 0 Å². The third-order valence-electron chi connectivity index (χ3n) is 4.83. The maximum absolute atomic E-state index is 12.8. The van der Waals surface area contributed by atoms with Gasteiger partial charge in [-0.2, -0.15) is 0 Å². The molecule has 1 atom stereocenters. The topological polar surface area (TPSA) is 97.3 Å². The van der Waals surface area contributed by atoms with Crippen LogP contribution >= 0.6 is 0 Å². The number of anilines is 1. The van der Waals surface area contributed by atoms with Crippen molar-refractivity contribution in [3.05, 3.63) is 18.2 Å². The van der Waals surface area contributed by atoms with Gasteiger partial charge in [0.25, 0.3) is 5.91 Å². The number of hydrogen-bond donors (Lipinski definition) is 2. The molecule has 1 fully saturated rings. The number of nitrogens with zero attached hydrogens (tertiary/aromatic N) is 1. The summed E-state index contributed by atoms with van der Waals surface area (Å²) < 4.78 is 16.6. The molecule has 162 valence electrons. The lowest BCUT2D eigenvalue weighted by Gasteiger charge is -2.30. The molecule has 2 amide bonds. The Morgan fingerprint density at radius 2 is 2.13 bits per heavy atom. The number of hydrogen-bond acceptors (Lipinski definition) is 6. The number of rotatable bonds is 3. The Bertz CT molecular complexity index is 876. The van der Waals surface area contributed by atoms with Crippen molar-refractivity contribution in [3.63, 3.8) is 0 Å². The average molecular weight is 416 g/mol. The van der Waals surface area contributed by atoms with Gasteiger partial charge in [0.15, 0.2) is 0 Å². The fourth-order valence-corrected chi connectivity index (χ4v) is 3.08. The normalized spacial score (nSPS) is 19.8. The summed E-state index contributed by atoms with van der Waals surface area (Å²) in [6.45, 7) is 5.36. The van der Waals surface area contributed by atoms with Crippen LogP contribution in [-0.4, -0.2) is 54.6 Å². The molecule has 1 saturated carbocycles. The van der Waals surface area contributed by atoms with Gasteiger partial charge in [0.05, 0.1) is 5.69 Å². The van der Waals surface area contributed by atoms with Crippen molar-refractivity contribution < 1.29 is 28.9 Å². The third kappa shape index (κ3) is 5.36. The van der Waals surface area contributed by atoms with E-state index in [-0.39, 0.29) is 19.1 Å². The first-order chi connectivity index (χ1) is 14.1. The number of fused-ring (bicyclic) bond motifs is 1. The fourth-order valence-electron chi connectivity index (χ4n) is 3.08. The first kappa shape index (κ1) is 21.8. The first-order valence-corrected chi connectivity index (χ1v) is 9.95. The molecule has 1 aromatic carbocycles. The van der Waals surface area contributed by atoms with E-state index in [9.17, 15) is 14.7 Å². The zero-order chi connectivity index (χ0) is 21.9. The lowest BCUT2D eigenvalue weighted by Crippen LogP contribution is -2.50. The number of carbonyl (C=O) groups is 2. The third-order valence-corrected chi connectivity index (χ3v) is 4.83. The van der Waals surface area contributed by atoms with Crippen LogP contribution in [0.2, 0.25) is 0 Å². The summed E-state index contributed by atoms with van der Waals surface area (Å²) in [5, 5.41) is 12.5. The molecule has 0 spiro atoms. The predicted molar refractivity (Wildman–Crippen MR) is 111 cm³/mol. The van der Waals surface area contributed by atoms with E-state index >= 15 is 0 Å². The molecule has 8 heteroatoms. The van der Waals surface area contributed by atoms with Crippen LogP contribution in [0.1, 0.15) is 40.0 Å². The highest BCUT2D eigenvalue weighted by Crippen LogP contribution is 2.34. The molecule has 0 radical (unpaired) electrons. The van der Waals surface area contributed by atoms with Crippen molar-refractivity contribution in [1.82, 2.24) is 5.32 Å². The van der Waals surface area contributed by atoms with Crippen LogP contribution in [0.5, 0.6) is 11.5 Å². The van der Waals surface area contributed by atoms with E-state index in [4.69, 9.17) is 14.2 Å². The lowest BCUT2D eigenvalue weighted by molar-refractivity contribution is -0.120. The number of amides is 2. The van der Waals surface area contributed by atoms with Gasteiger partial charge in [-0.1, -0.05) is 11.8 Å². The molecule has 0 bridgehead atoms. The SMILES string of the molecule is CN1C(=O)[C@@H](NC(=O)OC(C)(C)C)COc2ccc(OCC#CC3(O)CCC3)cc21. The zero-order valence-corrected chi connectivity index (χ0v) is 17.8. The summed E-state index contributed by atoms with van der Waals surface area (Å²) in [7, 11) is 1.61. The van der Waals surface area contributed by atoms with E-state index < -0.39 is 23.3 Å².